The highest BCUT2D eigenvalue weighted by atomic mass is 16.3. The van der Waals surface area contributed by atoms with Crippen LogP contribution in [-0.2, 0) is 0 Å². The maximum Gasteiger partial charge on any atom is 0.0580 e. The van der Waals surface area contributed by atoms with Crippen LogP contribution in [0.4, 0.5) is 0 Å². The molecule has 0 aromatic rings. The zero-order valence-electron chi connectivity index (χ0n) is 12.3. The molecule has 18 heavy (non-hydrogen) atoms. The van der Waals surface area contributed by atoms with Crippen molar-refractivity contribution in [2.75, 3.05) is 19.6 Å². The van der Waals surface area contributed by atoms with Gasteiger partial charge < -0.3 is 10.0 Å². The predicted molar refractivity (Wildman–Crippen MR) is 76.7 cm³/mol. The number of aliphatic hydroxyl groups excluding tert-OH is 1. The molecule has 2 heteroatoms. The minimum absolute atomic E-state index is 0.0363. The van der Waals surface area contributed by atoms with E-state index in [2.05, 4.69) is 18.7 Å². The van der Waals surface area contributed by atoms with Crippen LogP contribution in [0.25, 0.3) is 0 Å². The third-order valence-corrected chi connectivity index (χ3v) is 5.63. The van der Waals surface area contributed by atoms with Crippen molar-refractivity contribution in [1.82, 2.24) is 4.90 Å². The summed E-state index contributed by atoms with van der Waals surface area (Å²) in [5.74, 6) is 0.539. The Hall–Kier alpha value is -0.0800. The summed E-state index contributed by atoms with van der Waals surface area (Å²) in [4.78, 5) is 2.63. The van der Waals surface area contributed by atoms with Gasteiger partial charge in [0, 0.05) is 13.1 Å². The van der Waals surface area contributed by atoms with Crippen LogP contribution in [0.15, 0.2) is 0 Å². The fraction of sp³-hybridized carbons (Fsp3) is 1.00. The molecule has 2 rings (SSSR count). The second-order valence-electron chi connectivity index (χ2n) is 6.66. The number of likely N-dealkylation sites (tertiary alicyclic amines) is 1. The molecule has 0 bridgehead atoms. The number of hydrogen-bond acceptors (Lipinski definition) is 2. The van der Waals surface area contributed by atoms with E-state index in [4.69, 9.17) is 0 Å². The molecule has 1 saturated heterocycles. The second-order valence-corrected chi connectivity index (χ2v) is 6.66. The van der Waals surface area contributed by atoms with E-state index in [1.54, 1.807) is 0 Å². The number of nitrogens with zero attached hydrogens (tertiary/aromatic N) is 1. The van der Waals surface area contributed by atoms with Crippen LogP contribution < -0.4 is 0 Å². The quantitative estimate of drug-likeness (QED) is 0.776. The van der Waals surface area contributed by atoms with Gasteiger partial charge in [-0.05, 0) is 50.0 Å². The van der Waals surface area contributed by atoms with Crippen molar-refractivity contribution < 1.29 is 5.11 Å². The highest BCUT2D eigenvalue weighted by molar-refractivity contribution is 4.89. The minimum atomic E-state index is -0.0363. The monoisotopic (exact) mass is 253 g/mol. The molecule has 1 aliphatic heterocycles. The van der Waals surface area contributed by atoms with E-state index in [1.165, 1.54) is 58.0 Å². The highest BCUT2D eigenvalue weighted by Crippen LogP contribution is 2.38. The Bertz CT molecular complexity index is 249. The van der Waals surface area contributed by atoms with E-state index < -0.39 is 0 Å². The Labute approximate surface area is 113 Å². The lowest BCUT2D eigenvalue weighted by Gasteiger charge is -2.29. The van der Waals surface area contributed by atoms with Crippen LogP contribution in [0.1, 0.15) is 65.2 Å². The molecular formula is C16H31NO. The molecular weight excluding hydrogens is 222 g/mol. The van der Waals surface area contributed by atoms with Gasteiger partial charge in [-0.15, -0.1) is 0 Å². The molecule has 2 aliphatic rings. The molecule has 1 saturated carbocycles. The lowest BCUT2D eigenvalue weighted by Crippen LogP contribution is -2.35. The van der Waals surface area contributed by atoms with Crippen molar-refractivity contribution in [3.8, 4) is 0 Å². The lowest BCUT2D eigenvalue weighted by molar-refractivity contribution is 0.0756. The Morgan fingerprint density at radius 3 is 2.50 bits per heavy atom. The molecule has 1 N–H and O–H groups in total. The normalized spacial score (nSPS) is 33.5. The van der Waals surface area contributed by atoms with E-state index >= 15 is 0 Å². The van der Waals surface area contributed by atoms with Gasteiger partial charge in [0.15, 0.2) is 0 Å². The first kappa shape index (κ1) is 14.3. The van der Waals surface area contributed by atoms with Gasteiger partial charge in [-0.2, -0.15) is 0 Å². The molecule has 2 atom stereocenters. The number of hydrogen-bond donors (Lipinski definition) is 1. The first-order chi connectivity index (χ1) is 8.69. The van der Waals surface area contributed by atoms with E-state index in [1.807, 2.05) is 0 Å². The van der Waals surface area contributed by atoms with E-state index in [0.717, 1.165) is 13.0 Å². The van der Waals surface area contributed by atoms with Gasteiger partial charge in [-0.1, -0.05) is 33.1 Å². The first-order valence-electron chi connectivity index (χ1n) is 8.09. The van der Waals surface area contributed by atoms with Crippen molar-refractivity contribution >= 4 is 0 Å². The smallest absolute Gasteiger partial charge is 0.0580 e. The molecule has 1 heterocycles. The third-order valence-electron chi connectivity index (χ3n) is 5.63. The van der Waals surface area contributed by atoms with Crippen molar-refractivity contribution in [3.05, 3.63) is 0 Å². The zero-order chi connectivity index (χ0) is 13.0. The average molecular weight is 253 g/mol. The maximum atomic E-state index is 10.2. The summed E-state index contributed by atoms with van der Waals surface area (Å²) in [5, 5.41) is 10.2. The Morgan fingerprint density at radius 2 is 1.83 bits per heavy atom. The molecule has 2 fully saturated rings. The molecule has 2 nitrogen and oxygen atoms in total. The van der Waals surface area contributed by atoms with E-state index in [0.29, 0.717) is 11.3 Å². The van der Waals surface area contributed by atoms with Crippen LogP contribution in [0.2, 0.25) is 0 Å². The molecule has 0 amide bonds. The van der Waals surface area contributed by atoms with Crippen LogP contribution >= 0.6 is 0 Å². The molecule has 0 aromatic heterocycles. The zero-order valence-corrected chi connectivity index (χ0v) is 12.3. The van der Waals surface area contributed by atoms with Gasteiger partial charge in [-0.3, -0.25) is 0 Å². The Balaban J connectivity index is 1.86. The van der Waals surface area contributed by atoms with Gasteiger partial charge in [0.1, 0.15) is 0 Å². The molecule has 106 valence electrons. The number of aliphatic hydroxyl groups is 1. The first-order valence-corrected chi connectivity index (χ1v) is 8.09. The average Bonchev–Trinajstić information content (AvgIpc) is 2.70. The summed E-state index contributed by atoms with van der Waals surface area (Å²) in [6, 6.07) is 0. The fourth-order valence-corrected chi connectivity index (χ4v) is 3.92. The van der Waals surface area contributed by atoms with Crippen LogP contribution in [0, 0.1) is 11.3 Å². The van der Waals surface area contributed by atoms with Gasteiger partial charge in [0.25, 0.3) is 0 Å². The number of rotatable bonds is 4. The summed E-state index contributed by atoms with van der Waals surface area (Å²) in [6.07, 6.45) is 10.1. The van der Waals surface area contributed by atoms with Gasteiger partial charge in [0.2, 0.25) is 0 Å². The maximum absolute atomic E-state index is 10.2. The molecule has 1 aliphatic carbocycles. The molecule has 0 radical (unpaired) electrons. The van der Waals surface area contributed by atoms with Crippen molar-refractivity contribution in [2.24, 2.45) is 11.3 Å². The predicted octanol–water partition coefficient (Wildman–Crippen LogP) is 3.44. The molecule has 0 aromatic carbocycles. The van der Waals surface area contributed by atoms with Crippen molar-refractivity contribution in [2.45, 2.75) is 71.3 Å². The van der Waals surface area contributed by atoms with Crippen LogP contribution in [-0.4, -0.2) is 35.7 Å². The summed E-state index contributed by atoms with van der Waals surface area (Å²) in [5.41, 5.74) is 0.579. The van der Waals surface area contributed by atoms with E-state index in [-0.39, 0.29) is 6.10 Å². The molecule has 0 spiro atoms. The van der Waals surface area contributed by atoms with Crippen molar-refractivity contribution in [1.29, 1.82) is 0 Å². The Morgan fingerprint density at radius 1 is 1.11 bits per heavy atom. The summed E-state index contributed by atoms with van der Waals surface area (Å²) < 4.78 is 0. The van der Waals surface area contributed by atoms with Crippen molar-refractivity contribution in [3.63, 3.8) is 0 Å². The van der Waals surface area contributed by atoms with Gasteiger partial charge in [0.05, 0.1) is 6.10 Å². The minimum Gasteiger partial charge on any atom is -0.393 e. The SMILES string of the molecule is CCC1(CC)CCN(CC2CCCCCC2O)C1. The van der Waals surface area contributed by atoms with Crippen LogP contribution in [0.3, 0.4) is 0 Å². The summed E-state index contributed by atoms with van der Waals surface area (Å²) in [7, 11) is 0. The topological polar surface area (TPSA) is 23.5 Å². The highest BCUT2D eigenvalue weighted by Gasteiger charge is 2.36. The standard InChI is InChI=1S/C16H31NO/c1-3-16(4-2)10-11-17(13-16)12-14-8-6-5-7-9-15(14)18/h14-15,18H,3-13H2,1-2H3. The van der Waals surface area contributed by atoms with Gasteiger partial charge >= 0.3 is 0 Å². The Kier molecular flexibility index (Phi) is 5.08. The lowest BCUT2D eigenvalue weighted by atomic mass is 9.82. The fourth-order valence-electron chi connectivity index (χ4n) is 3.92. The largest absolute Gasteiger partial charge is 0.393 e. The third kappa shape index (κ3) is 3.27. The van der Waals surface area contributed by atoms with E-state index in [9.17, 15) is 5.11 Å². The summed E-state index contributed by atoms with van der Waals surface area (Å²) in [6.45, 7) is 8.35. The molecule has 2 unspecified atom stereocenters. The van der Waals surface area contributed by atoms with Gasteiger partial charge in [-0.25, -0.2) is 0 Å². The second kappa shape index (κ2) is 6.38. The summed E-state index contributed by atoms with van der Waals surface area (Å²) >= 11 is 0. The van der Waals surface area contributed by atoms with Crippen LogP contribution in [0.5, 0.6) is 0 Å².